The van der Waals surface area contributed by atoms with E-state index in [0.717, 1.165) is 18.4 Å². The maximum absolute atomic E-state index is 3.61. The minimum atomic E-state index is 0.665. The average molecular weight is 516 g/mol. The van der Waals surface area contributed by atoms with Gasteiger partial charge in [0.1, 0.15) is 0 Å². The van der Waals surface area contributed by atoms with Gasteiger partial charge in [-0.15, -0.1) is 0 Å². The Labute approximate surface area is 235 Å². The first-order valence-electron chi connectivity index (χ1n) is 16.4. The lowest BCUT2D eigenvalue weighted by Gasteiger charge is -2.47. The molecule has 0 amide bonds. The van der Waals surface area contributed by atoms with Gasteiger partial charge in [0.15, 0.2) is 0 Å². The van der Waals surface area contributed by atoms with Crippen LogP contribution in [0.4, 0.5) is 5.69 Å². The number of benzene rings is 2. The standard InChI is InChI=1S/C37H57N/c1-6-8-11-22-37(23-12-10-13-24-37)34-18-14-31(15-19-34)30(5)32-16-20-35(28(3)26-32)33-17-21-36(29(4)27-33)38-25-9-7-2/h16-17,20-21,26-27,30-31,34,38H,6-15,18-19,22-25H2,1-5H3/t30?,31-,34-. The van der Waals surface area contributed by atoms with E-state index in [9.17, 15) is 0 Å². The van der Waals surface area contributed by atoms with Gasteiger partial charge in [-0.25, -0.2) is 0 Å². The van der Waals surface area contributed by atoms with E-state index >= 15 is 0 Å². The molecule has 210 valence electrons. The molecule has 2 aromatic carbocycles. The SMILES string of the molecule is CCCCCC1([C@H]2CC[C@H](C(C)c3ccc(-c4ccc(NCCCC)c(C)c4)c(C)c3)CC2)CCCCC1. The zero-order valence-corrected chi connectivity index (χ0v) is 25.5. The molecule has 4 rings (SSSR count). The van der Waals surface area contributed by atoms with Gasteiger partial charge < -0.3 is 5.32 Å². The van der Waals surface area contributed by atoms with Crippen LogP contribution in [0.25, 0.3) is 11.1 Å². The lowest BCUT2D eigenvalue weighted by atomic mass is 9.58. The van der Waals surface area contributed by atoms with E-state index in [1.807, 2.05) is 0 Å². The molecule has 0 aromatic heterocycles. The molecular formula is C37H57N. The molecule has 38 heavy (non-hydrogen) atoms. The van der Waals surface area contributed by atoms with E-state index < -0.39 is 0 Å². The van der Waals surface area contributed by atoms with Gasteiger partial charge in [-0.05, 0) is 128 Å². The van der Waals surface area contributed by atoms with Crippen LogP contribution >= 0.6 is 0 Å². The molecule has 1 atom stereocenters. The third-order valence-electron chi connectivity index (χ3n) is 10.6. The quantitative estimate of drug-likeness (QED) is 0.277. The van der Waals surface area contributed by atoms with Crippen LogP contribution in [0.1, 0.15) is 140 Å². The van der Waals surface area contributed by atoms with Crippen molar-refractivity contribution in [2.24, 2.45) is 17.3 Å². The van der Waals surface area contributed by atoms with Crippen LogP contribution in [-0.4, -0.2) is 6.54 Å². The Morgan fingerprint density at radius 2 is 1.55 bits per heavy atom. The first-order chi connectivity index (χ1) is 18.5. The van der Waals surface area contributed by atoms with Crippen molar-refractivity contribution >= 4 is 5.69 Å². The van der Waals surface area contributed by atoms with E-state index in [0.29, 0.717) is 11.3 Å². The van der Waals surface area contributed by atoms with Crippen molar-refractivity contribution in [2.45, 2.75) is 137 Å². The van der Waals surface area contributed by atoms with Crippen molar-refractivity contribution < 1.29 is 0 Å². The lowest BCUT2D eigenvalue weighted by molar-refractivity contribution is 0.0409. The molecule has 1 heteroatoms. The molecule has 2 aliphatic rings. The topological polar surface area (TPSA) is 12.0 Å². The van der Waals surface area contributed by atoms with Crippen molar-refractivity contribution in [1.82, 2.24) is 0 Å². The monoisotopic (exact) mass is 515 g/mol. The lowest BCUT2D eigenvalue weighted by Crippen LogP contribution is -2.36. The fraction of sp³-hybridized carbons (Fsp3) is 0.676. The van der Waals surface area contributed by atoms with Crippen molar-refractivity contribution in [2.75, 3.05) is 11.9 Å². The number of anilines is 1. The third-order valence-corrected chi connectivity index (χ3v) is 10.6. The van der Waals surface area contributed by atoms with E-state index in [1.165, 1.54) is 124 Å². The summed E-state index contributed by atoms with van der Waals surface area (Å²) in [6.07, 6.45) is 21.6. The van der Waals surface area contributed by atoms with E-state index in [-0.39, 0.29) is 0 Å². The maximum atomic E-state index is 3.61. The molecule has 1 unspecified atom stereocenters. The number of nitrogens with one attached hydrogen (secondary N) is 1. The summed E-state index contributed by atoms with van der Waals surface area (Å²) in [5, 5.41) is 3.61. The predicted octanol–water partition coefficient (Wildman–Crippen LogP) is 11.6. The molecule has 1 N–H and O–H groups in total. The molecule has 0 radical (unpaired) electrons. The summed E-state index contributed by atoms with van der Waals surface area (Å²) in [4.78, 5) is 0. The zero-order chi connectivity index (χ0) is 27.0. The van der Waals surface area contributed by atoms with Gasteiger partial charge in [0.2, 0.25) is 0 Å². The summed E-state index contributed by atoms with van der Waals surface area (Å²) in [7, 11) is 0. The van der Waals surface area contributed by atoms with Crippen LogP contribution < -0.4 is 5.32 Å². The number of rotatable bonds is 12. The van der Waals surface area contributed by atoms with Crippen LogP contribution in [-0.2, 0) is 0 Å². The Morgan fingerprint density at radius 1 is 0.816 bits per heavy atom. The average Bonchev–Trinajstić information content (AvgIpc) is 2.94. The van der Waals surface area contributed by atoms with E-state index in [2.05, 4.69) is 76.3 Å². The highest BCUT2D eigenvalue weighted by Gasteiger charge is 2.41. The summed E-state index contributed by atoms with van der Waals surface area (Å²) < 4.78 is 0. The van der Waals surface area contributed by atoms with Crippen LogP contribution in [0.3, 0.4) is 0 Å². The number of hydrogen-bond donors (Lipinski definition) is 1. The first kappa shape index (κ1) is 29.2. The maximum Gasteiger partial charge on any atom is 0.0370 e. The molecular weight excluding hydrogens is 458 g/mol. The summed E-state index contributed by atoms with van der Waals surface area (Å²) in [6, 6.07) is 14.3. The highest BCUT2D eigenvalue weighted by molar-refractivity contribution is 5.71. The normalized spacial score (nSPS) is 22.2. The molecule has 2 fully saturated rings. The number of hydrogen-bond acceptors (Lipinski definition) is 1. The minimum absolute atomic E-state index is 0.665. The van der Waals surface area contributed by atoms with Gasteiger partial charge in [-0.1, -0.05) is 90.0 Å². The number of aryl methyl sites for hydroxylation is 2. The van der Waals surface area contributed by atoms with Gasteiger partial charge in [0.25, 0.3) is 0 Å². The molecule has 0 bridgehead atoms. The molecule has 0 saturated heterocycles. The largest absolute Gasteiger partial charge is 0.385 e. The molecule has 0 heterocycles. The van der Waals surface area contributed by atoms with Crippen LogP contribution in [0.15, 0.2) is 36.4 Å². The van der Waals surface area contributed by atoms with Gasteiger partial charge in [0, 0.05) is 12.2 Å². The molecule has 2 saturated carbocycles. The van der Waals surface area contributed by atoms with Gasteiger partial charge in [-0.3, -0.25) is 0 Å². The second-order valence-corrected chi connectivity index (χ2v) is 13.2. The molecule has 2 aliphatic carbocycles. The Kier molecular flexibility index (Phi) is 10.8. The van der Waals surface area contributed by atoms with Crippen LogP contribution in [0, 0.1) is 31.1 Å². The fourth-order valence-electron chi connectivity index (χ4n) is 8.07. The van der Waals surface area contributed by atoms with Gasteiger partial charge in [-0.2, -0.15) is 0 Å². The summed E-state index contributed by atoms with van der Waals surface area (Å²) >= 11 is 0. The summed E-state index contributed by atoms with van der Waals surface area (Å²) in [5.41, 5.74) is 9.03. The minimum Gasteiger partial charge on any atom is -0.385 e. The first-order valence-corrected chi connectivity index (χ1v) is 16.4. The predicted molar refractivity (Wildman–Crippen MR) is 168 cm³/mol. The smallest absolute Gasteiger partial charge is 0.0370 e. The molecule has 2 aromatic rings. The second-order valence-electron chi connectivity index (χ2n) is 13.2. The van der Waals surface area contributed by atoms with Gasteiger partial charge >= 0.3 is 0 Å². The highest BCUT2D eigenvalue weighted by Crippen LogP contribution is 2.53. The molecule has 0 spiro atoms. The Morgan fingerprint density at radius 3 is 2.21 bits per heavy atom. The Bertz CT molecular complexity index is 990. The van der Waals surface area contributed by atoms with Crippen molar-refractivity contribution in [3.63, 3.8) is 0 Å². The van der Waals surface area contributed by atoms with Crippen LogP contribution in [0.2, 0.25) is 0 Å². The third kappa shape index (κ3) is 7.05. The summed E-state index contributed by atoms with van der Waals surface area (Å²) in [6.45, 7) is 12.7. The Balaban J connectivity index is 1.38. The number of unbranched alkanes of at least 4 members (excludes halogenated alkanes) is 3. The molecule has 0 aliphatic heterocycles. The van der Waals surface area contributed by atoms with Crippen molar-refractivity contribution in [3.05, 3.63) is 53.1 Å². The van der Waals surface area contributed by atoms with Gasteiger partial charge in [0.05, 0.1) is 0 Å². The van der Waals surface area contributed by atoms with Crippen LogP contribution in [0.5, 0.6) is 0 Å². The second kappa shape index (κ2) is 14.0. The fourth-order valence-corrected chi connectivity index (χ4v) is 8.07. The Hall–Kier alpha value is -1.76. The zero-order valence-electron chi connectivity index (χ0n) is 25.5. The van der Waals surface area contributed by atoms with E-state index in [1.54, 1.807) is 5.56 Å². The molecule has 1 nitrogen and oxygen atoms in total. The highest BCUT2D eigenvalue weighted by atomic mass is 14.9. The van der Waals surface area contributed by atoms with Crippen molar-refractivity contribution in [3.8, 4) is 11.1 Å². The summed E-state index contributed by atoms with van der Waals surface area (Å²) in [5.74, 6) is 2.51. The van der Waals surface area contributed by atoms with E-state index in [4.69, 9.17) is 0 Å². The van der Waals surface area contributed by atoms with Crippen molar-refractivity contribution in [1.29, 1.82) is 0 Å².